The number of likely N-dealkylation sites (tertiary alicyclic amines) is 1. The first-order valence-electron chi connectivity index (χ1n) is 13.3. The lowest BCUT2D eigenvalue weighted by Crippen LogP contribution is -2.58. The van der Waals surface area contributed by atoms with Crippen molar-refractivity contribution in [2.24, 2.45) is 11.8 Å². The van der Waals surface area contributed by atoms with Crippen molar-refractivity contribution in [3.63, 3.8) is 0 Å². The first kappa shape index (κ1) is 26.9. The topological polar surface area (TPSA) is 108 Å². The van der Waals surface area contributed by atoms with Gasteiger partial charge in [-0.1, -0.05) is 48.5 Å². The molecule has 2 aromatic carbocycles. The largest absolute Gasteiger partial charge is 0.469 e. The number of ether oxygens (including phenoxy) is 4. The number of piperidine rings is 1. The summed E-state index contributed by atoms with van der Waals surface area (Å²) in [6.45, 7) is 2.50. The molecule has 1 amide bonds. The number of rotatable bonds is 6. The van der Waals surface area contributed by atoms with Gasteiger partial charge in [0, 0.05) is 38.5 Å². The molecule has 2 unspecified atom stereocenters. The number of aryl methyl sites for hydroxylation is 2. The van der Waals surface area contributed by atoms with E-state index in [2.05, 4.69) is 12.1 Å². The van der Waals surface area contributed by atoms with Crippen LogP contribution < -0.4 is 0 Å². The Kier molecular flexibility index (Phi) is 7.44. The zero-order valence-corrected chi connectivity index (χ0v) is 22.4. The molecule has 1 aliphatic carbocycles. The summed E-state index contributed by atoms with van der Waals surface area (Å²) in [5, 5.41) is 0. The number of benzene rings is 2. The second-order valence-corrected chi connectivity index (χ2v) is 10.4. The average molecular weight is 536 g/mol. The molecule has 0 bridgehead atoms. The number of hydrogen-bond acceptors (Lipinski definition) is 8. The van der Waals surface area contributed by atoms with Crippen LogP contribution in [-0.4, -0.2) is 54.4 Å². The first-order valence-corrected chi connectivity index (χ1v) is 13.3. The lowest BCUT2D eigenvalue weighted by Gasteiger charge is -2.46. The van der Waals surface area contributed by atoms with Crippen molar-refractivity contribution < 1.29 is 38.1 Å². The van der Waals surface area contributed by atoms with Gasteiger partial charge in [-0.15, -0.1) is 0 Å². The van der Waals surface area contributed by atoms with Crippen molar-refractivity contribution in [3.8, 4) is 0 Å². The summed E-state index contributed by atoms with van der Waals surface area (Å²) < 4.78 is 22.5. The third-order valence-corrected chi connectivity index (χ3v) is 8.04. The van der Waals surface area contributed by atoms with Gasteiger partial charge >= 0.3 is 17.9 Å². The van der Waals surface area contributed by atoms with Crippen LogP contribution in [-0.2, 0) is 51.0 Å². The Labute approximate surface area is 227 Å². The molecule has 0 aromatic heterocycles. The third kappa shape index (κ3) is 5.15. The van der Waals surface area contributed by atoms with Gasteiger partial charge in [-0.2, -0.15) is 0 Å². The molecule has 0 spiro atoms. The van der Waals surface area contributed by atoms with Crippen LogP contribution >= 0.6 is 0 Å². The van der Waals surface area contributed by atoms with Gasteiger partial charge in [0.15, 0.2) is 0 Å². The summed E-state index contributed by atoms with van der Waals surface area (Å²) in [5.41, 5.74) is 4.33. The normalized spacial score (nSPS) is 26.1. The Morgan fingerprint density at radius 2 is 1.59 bits per heavy atom. The Bertz CT molecular complexity index is 1240. The van der Waals surface area contributed by atoms with Crippen molar-refractivity contribution in [1.29, 1.82) is 0 Å². The molecule has 2 aromatic rings. The lowest BCUT2D eigenvalue weighted by atomic mass is 9.78. The van der Waals surface area contributed by atoms with E-state index in [1.807, 2.05) is 36.4 Å². The highest BCUT2D eigenvalue weighted by molar-refractivity contribution is 5.80. The van der Waals surface area contributed by atoms with E-state index in [1.54, 1.807) is 4.90 Å². The molecule has 206 valence electrons. The van der Waals surface area contributed by atoms with Gasteiger partial charge in [0.25, 0.3) is 0 Å². The molecular formula is C30H33NO8. The van der Waals surface area contributed by atoms with Crippen molar-refractivity contribution in [2.45, 2.75) is 64.1 Å². The van der Waals surface area contributed by atoms with Crippen LogP contribution in [0.25, 0.3) is 0 Å². The Morgan fingerprint density at radius 3 is 2.15 bits per heavy atom. The van der Waals surface area contributed by atoms with Gasteiger partial charge in [0.1, 0.15) is 0 Å². The monoisotopic (exact) mass is 535 g/mol. The molecule has 2 heterocycles. The number of amides is 1. The maximum Gasteiger partial charge on any atom is 0.305 e. The van der Waals surface area contributed by atoms with E-state index in [0.717, 1.165) is 35.1 Å². The minimum Gasteiger partial charge on any atom is -0.469 e. The Balaban J connectivity index is 1.57. The first-order chi connectivity index (χ1) is 18.7. The maximum atomic E-state index is 14.0. The summed E-state index contributed by atoms with van der Waals surface area (Å²) >= 11 is 0. The van der Waals surface area contributed by atoms with Crippen molar-refractivity contribution in [2.75, 3.05) is 13.7 Å². The Morgan fingerprint density at radius 1 is 0.974 bits per heavy atom. The second kappa shape index (κ2) is 10.8. The standard InChI is InChI=1S/C30H33NO8/c1-18(32)37-29-24(14-15-27(35)36-3)25-16-26(34)31(17-30(25,39-29)38-19(2)33)28-22-10-6-4-8-20(22)12-13-21-9-5-7-11-23(21)28/h4-11,24-25,28-29H,12-17H2,1-3H3/t24-,25-,29?,30?/m1/s1. The highest BCUT2D eigenvalue weighted by Crippen LogP contribution is 2.51. The zero-order chi connectivity index (χ0) is 27.7. The van der Waals surface area contributed by atoms with Crippen molar-refractivity contribution in [1.82, 2.24) is 4.90 Å². The van der Waals surface area contributed by atoms with E-state index in [-0.39, 0.29) is 31.7 Å². The molecule has 2 aliphatic heterocycles. The minimum atomic E-state index is -1.54. The van der Waals surface area contributed by atoms with E-state index in [1.165, 1.54) is 21.0 Å². The second-order valence-electron chi connectivity index (χ2n) is 10.4. The maximum absolute atomic E-state index is 14.0. The lowest BCUT2D eigenvalue weighted by molar-refractivity contribution is -0.277. The molecule has 9 heteroatoms. The number of nitrogens with zero attached hydrogens (tertiary/aromatic N) is 1. The fraction of sp³-hybridized carbons (Fsp3) is 0.467. The van der Waals surface area contributed by atoms with Crippen molar-refractivity contribution >= 4 is 23.8 Å². The van der Waals surface area contributed by atoms with E-state index in [0.29, 0.717) is 0 Å². The van der Waals surface area contributed by atoms with Crippen LogP contribution in [0, 0.1) is 11.8 Å². The quantitative estimate of drug-likeness (QED) is 0.409. The van der Waals surface area contributed by atoms with E-state index < -0.39 is 47.9 Å². The van der Waals surface area contributed by atoms with Gasteiger partial charge in [0.2, 0.25) is 18.0 Å². The van der Waals surface area contributed by atoms with Gasteiger partial charge in [-0.3, -0.25) is 23.9 Å². The molecule has 0 N–H and O–H groups in total. The number of esters is 3. The van der Waals surface area contributed by atoms with Gasteiger partial charge in [-0.05, 0) is 41.5 Å². The number of methoxy groups -OCH3 is 1. The van der Waals surface area contributed by atoms with E-state index in [4.69, 9.17) is 18.9 Å². The molecule has 0 radical (unpaired) electrons. The molecule has 2 fully saturated rings. The van der Waals surface area contributed by atoms with Gasteiger partial charge in [-0.25, -0.2) is 0 Å². The molecule has 4 atom stereocenters. The fourth-order valence-electron chi connectivity index (χ4n) is 6.42. The molecule has 3 aliphatic rings. The smallest absolute Gasteiger partial charge is 0.305 e. The van der Waals surface area contributed by atoms with Gasteiger partial charge in [0.05, 0.1) is 19.7 Å². The fourth-order valence-corrected chi connectivity index (χ4v) is 6.42. The summed E-state index contributed by atoms with van der Waals surface area (Å²) in [7, 11) is 1.30. The highest BCUT2D eigenvalue weighted by Gasteiger charge is 2.63. The molecule has 9 nitrogen and oxygen atoms in total. The number of hydrogen-bond donors (Lipinski definition) is 0. The average Bonchev–Trinajstić information content (AvgIpc) is 3.06. The SMILES string of the molecule is COC(=O)CC[C@H]1C(OC(C)=O)OC2(OC(C)=O)CN(C3c4ccccc4CCc4ccccc43)C(=O)C[C@H]12. The Hall–Kier alpha value is -3.72. The molecular weight excluding hydrogens is 502 g/mol. The van der Waals surface area contributed by atoms with E-state index >= 15 is 0 Å². The van der Waals surface area contributed by atoms with E-state index in [9.17, 15) is 19.2 Å². The molecule has 2 saturated heterocycles. The van der Waals surface area contributed by atoms with Crippen LogP contribution in [0.3, 0.4) is 0 Å². The molecule has 0 saturated carbocycles. The summed E-state index contributed by atoms with van der Waals surface area (Å²) in [6.07, 6.45) is 0.862. The molecule has 5 rings (SSSR count). The summed E-state index contributed by atoms with van der Waals surface area (Å²) in [4.78, 5) is 52.1. The zero-order valence-electron chi connectivity index (χ0n) is 22.4. The van der Waals surface area contributed by atoms with Crippen molar-refractivity contribution in [3.05, 3.63) is 70.8 Å². The summed E-state index contributed by atoms with van der Waals surface area (Å²) in [5.74, 6) is -4.42. The van der Waals surface area contributed by atoms with Gasteiger partial charge < -0.3 is 19.1 Å². The van der Waals surface area contributed by atoms with Crippen LogP contribution in [0.2, 0.25) is 0 Å². The number of fused-ring (bicyclic) bond motifs is 3. The predicted octanol–water partition coefficient (Wildman–Crippen LogP) is 3.47. The predicted molar refractivity (Wildman–Crippen MR) is 138 cm³/mol. The molecule has 39 heavy (non-hydrogen) atoms. The van der Waals surface area contributed by atoms with Crippen LogP contribution in [0.1, 0.15) is 61.4 Å². The van der Waals surface area contributed by atoms with Crippen LogP contribution in [0.4, 0.5) is 0 Å². The minimum absolute atomic E-state index is 0.00226. The number of carbonyl (C=O) groups excluding carboxylic acids is 4. The van der Waals surface area contributed by atoms with Crippen LogP contribution in [0.15, 0.2) is 48.5 Å². The van der Waals surface area contributed by atoms with Crippen LogP contribution in [0.5, 0.6) is 0 Å². The summed E-state index contributed by atoms with van der Waals surface area (Å²) in [6, 6.07) is 15.7. The third-order valence-electron chi connectivity index (χ3n) is 8.04. The number of carbonyl (C=O) groups is 4. The highest BCUT2D eigenvalue weighted by atomic mass is 16.8.